The van der Waals surface area contributed by atoms with Crippen LogP contribution in [0.25, 0.3) is 0 Å². The highest BCUT2D eigenvalue weighted by molar-refractivity contribution is 7.91. The number of nitrogens with one attached hydrogen (secondary N) is 1. The fraction of sp³-hybridized carbons (Fsp3) is 0.692. The first-order chi connectivity index (χ1) is 8.73. The van der Waals surface area contributed by atoms with Gasteiger partial charge in [-0.1, -0.05) is 20.8 Å². The molecular formula is C13H23ClN2O2S2. The van der Waals surface area contributed by atoms with Gasteiger partial charge in [0.25, 0.3) is 10.0 Å². The molecule has 2 rings (SSSR count). The molecule has 1 atom stereocenters. The molecule has 1 aliphatic heterocycles. The Hall–Kier alpha value is -0.140. The maximum Gasteiger partial charge on any atom is 0.252 e. The molecule has 1 fully saturated rings. The van der Waals surface area contributed by atoms with Crippen LogP contribution < -0.4 is 5.32 Å². The molecule has 0 amide bonds. The third-order valence-corrected chi connectivity index (χ3v) is 7.39. The topological polar surface area (TPSA) is 49.4 Å². The van der Waals surface area contributed by atoms with Crippen molar-refractivity contribution in [1.82, 2.24) is 9.62 Å². The summed E-state index contributed by atoms with van der Waals surface area (Å²) in [6, 6.07) is 3.74. The van der Waals surface area contributed by atoms with E-state index in [1.165, 1.54) is 15.6 Å². The van der Waals surface area contributed by atoms with Crippen LogP contribution in [-0.4, -0.2) is 38.9 Å². The molecule has 1 aromatic heterocycles. The molecule has 1 aliphatic rings. The van der Waals surface area contributed by atoms with Crippen LogP contribution in [0.4, 0.5) is 0 Å². The van der Waals surface area contributed by atoms with Crippen molar-refractivity contribution in [2.45, 2.75) is 42.9 Å². The molecule has 2 heterocycles. The van der Waals surface area contributed by atoms with Crippen LogP contribution in [0.2, 0.25) is 0 Å². The van der Waals surface area contributed by atoms with Gasteiger partial charge in [-0.15, -0.1) is 23.7 Å². The molecule has 20 heavy (non-hydrogen) atoms. The summed E-state index contributed by atoms with van der Waals surface area (Å²) in [5.41, 5.74) is -0.00801. The van der Waals surface area contributed by atoms with Crippen molar-refractivity contribution in [2.24, 2.45) is 0 Å². The van der Waals surface area contributed by atoms with Crippen molar-refractivity contribution >= 4 is 33.8 Å². The first kappa shape index (κ1) is 17.9. The second-order valence-corrected chi connectivity index (χ2v) is 9.34. The van der Waals surface area contributed by atoms with Crippen LogP contribution in [0.15, 0.2) is 16.3 Å². The number of hydrogen-bond acceptors (Lipinski definition) is 4. The summed E-state index contributed by atoms with van der Waals surface area (Å²) >= 11 is 1.38. The van der Waals surface area contributed by atoms with Crippen molar-refractivity contribution in [2.75, 3.05) is 20.1 Å². The highest BCUT2D eigenvalue weighted by Crippen LogP contribution is 2.33. The molecule has 0 aliphatic carbocycles. The van der Waals surface area contributed by atoms with Crippen molar-refractivity contribution in [3.63, 3.8) is 0 Å². The lowest BCUT2D eigenvalue weighted by atomic mass is 9.95. The Morgan fingerprint density at radius 2 is 2.00 bits per heavy atom. The van der Waals surface area contributed by atoms with Gasteiger partial charge in [-0.05, 0) is 30.5 Å². The molecule has 7 heteroatoms. The minimum Gasteiger partial charge on any atom is -0.315 e. The SMILES string of the molecule is CN(C1CCNC1)S(=O)(=O)c1ccc(C(C)(C)C)s1.Cl. The van der Waals surface area contributed by atoms with E-state index in [0.29, 0.717) is 4.21 Å². The Bertz CT molecular complexity index is 543. The number of hydrogen-bond donors (Lipinski definition) is 1. The predicted octanol–water partition coefficient (Wildman–Crippen LogP) is 2.45. The lowest BCUT2D eigenvalue weighted by Crippen LogP contribution is -2.37. The van der Waals surface area contributed by atoms with E-state index in [4.69, 9.17) is 0 Å². The Morgan fingerprint density at radius 1 is 1.35 bits per heavy atom. The Labute approximate surface area is 132 Å². The van der Waals surface area contributed by atoms with Gasteiger partial charge in [0.05, 0.1) is 0 Å². The molecule has 0 radical (unpaired) electrons. The molecule has 4 nitrogen and oxygen atoms in total. The molecule has 0 aromatic carbocycles. The van der Waals surface area contributed by atoms with Crippen LogP contribution in [-0.2, 0) is 15.4 Å². The van der Waals surface area contributed by atoms with Crippen LogP contribution in [0.3, 0.4) is 0 Å². The fourth-order valence-corrected chi connectivity index (χ4v) is 5.08. The first-order valence-electron chi connectivity index (χ1n) is 6.52. The number of halogens is 1. The van der Waals surface area contributed by atoms with E-state index in [1.807, 2.05) is 6.07 Å². The Morgan fingerprint density at radius 3 is 2.45 bits per heavy atom. The highest BCUT2D eigenvalue weighted by Gasteiger charge is 2.31. The molecular weight excluding hydrogens is 316 g/mol. The van der Waals surface area contributed by atoms with E-state index in [1.54, 1.807) is 13.1 Å². The quantitative estimate of drug-likeness (QED) is 0.921. The standard InChI is InChI=1S/C13H22N2O2S2.ClH/c1-13(2,3)11-5-6-12(18-11)19(16,17)15(4)10-7-8-14-9-10;/h5-6,10,14H,7-9H2,1-4H3;1H. The highest BCUT2D eigenvalue weighted by atomic mass is 35.5. The van der Waals surface area contributed by atoms with Gasteiger partial charge in [-0.3, -0.25) is 0 Å². The van der Waals surface area contributed by atoms with Crippen LogP contribution in [0.1, 0.15) is 32.1 Å². The van der Waals surface area contributed by atoms with E-state index in [9.17, 15) is 8.42 Å². The van der Waals surface area contributed by atoms with Gasteiger partial charge in [-0.25, -0.2) is 8.42 Å². The average Bonchev–Trinajstić information content (AvgIpc) is 2.98. The molecule has 1 saturated heterocycles. The summed E-state index contributed by atoms with van der Waals surface area (Å²) < 4.78 is 27.1. The van der Waals surface area contributed by atoms with E-state index < -0.39 is 10.0 Å². The van der Waals surface area contributed by atoms with E-state index in [-0.39, 0.29) is 23.9 Å². The summed E-state index contributed by atoms with van der Waals surface area (Å²) in [6.07, 6.45) is 0.882. The minimum absolute atomic E-state index is 0. The van der Waals surface area contributed by atoms with E-state index in [2.05, 4.69) is 26.1 Å². The Kier molecular flexibility index (Phi) is 5.66. The van der Waals surface area contributed by atoms with E-state index in [0.717, 1.165) is 24.4 Å². The third kappa shape index (κ3) is 3.54. The van der Waals surface area contributed by atoms with Crippen LogP contribution in [0.5, 0.6) is 0 Å². The maximum absolute atomic E-state index is 12.6. The second kappa shape index (κ2) is 6.32. The molecule has 1 aromatic rings. The maximum atomic E-state index is 12.6. The minimum atomic E-state index is -3.35. The molecule has 0 bridgehead atoms. The lowest BCUT2D eigenvalue weighted by Gasteiger charge is -2.22. The first-order valence-corrected chi connectivity index (χ1v) is 8.77. The third-order valence-electron chi connectivity index (χ3n) is 3.50. The number of thiophene rings is 1. The monoisotopic (exact) mass is 338 g/mol. The summed E-state index contributed by atoms with van der Waals surface area (Å²) in [7, 11) is -1.67. The predicted molar refractivity (Wildman–Crippen MR) is 86.5 cm³/mol. The zero-order chi connectivity index (χ0) is 14.3. The van der Waals surface area contributed by atoms with E-state index >= 15 is 0 Å². The molecule has 116 valence electrons. The smallest absolute Gasteiger partial charge is 0.252 e. The molecule has 1 N–H and O–H groups in total. The van der Waals surface area contributed by atoms with Gasteiger partial charge in [0.1, 0.15) is 4.21 Å². The lowest BCUT2D eigenvalue weighted by molar-refractivity contribution is 0.389. The van der Waals surface area contributed by atoms with Gasteiger partial charge >= 0.3 is 0 Å². The molecule has 0 saturated carbocycles. The van der Waals surface area contributed by atoms with Crippen LogP contribution >= 0.6 is 23.7 Å². The fourth-order valence-electron chi connectivity index (χ4n) is 2.15. The van der Waals surface area contributed by atoms with Crippen molar-refractivity contribution in [1.29, 1.82) is 0 Å². The number of nitrogens with zero attached hydrogens (tertiary/aromatic N) is 1. The molecule has 0 spiro atoms. The Balaban J connectivity index is 0.00000200. The zero-order valence-electron chi connectivity index (χ0n) is 12.3. The average molecular weight is 339 g/mol. The summed E-state index contributed by atoms with van der Waals surface area (Å²) in [5.74, 6) is 0. The van der Waals surface area contributed by atoms with Crippen molar-refractivity contribution < 1.29 is 8.42 Å². The van der Waals surface area contributed by atoms with Gasteiger partial charge in [0, 0.05) is 24.5 Å². The van der Waals surface area contributed by atoms with Gasteiger partial charge in [0.15, 0.2) is 0 Å². The number of sulfonamides is 1. The zero-order valence-corrected chi connectivity index (χ0v) is 14.8. The summed E-state index contributed by atoms with van der Waals surface area (Å²) in [5, 5.41) is 3.20. The summed E-state index contributed by atoms with van der Waals surface area (Å²) in [6.45, 7) is 7.93. The van der Waals surface area contributed by atoms with Gasteiger partial charge in [-0.2, -0.15) is 4.31 Å². The normalized spacial score (nSPS) is 20.1. The largest absolute Gasteiger partial charge is 0.315 e. The number of rotatable bonds is 3. The van der Waals surface area contributed by atoms with Gasteiger partial charge in [0.2, 0.25) is 0 Å². The second-order valence-electron chi connectivity index (χ2n) is 6.04. The summed E-state index contributed by atoms with van der Waals surface area (Å²) in [4.78, 5) is 1.10. The number of likely N-dealkylation sites (N-methyl/N-ethyl adjacent to an activating group) is 1. The van der Waals surface area contributed by atoms with Gasteiger partial charge < -0.3 is 5.32 Å². The van der Waals surface area contributed by atoms with Crippen molar-refractivity contribution in [3.05, 3.63) is 17.0 Å². The van der Waals surface area contributed by atoms with Crippen molar-refractivity contribution in [3.8, 4) is 0 Å². The molecule has 1 unspecified atom stereocenters. The van der Waals surface area contributed by atoms with Crippen LogP contribution in [0, 0.1) is 0 Å².